The standard InChI is InChI=1S/C11H22N2/c1-3-10-8-13-7-5-6-11(13)9-12(10)4-2/h10-11H,3-9H2,1-2H3. The zero-order valence-corrected chi connectivity index (χ0v) is 9.00. The molecule has 13 heavy (non-hydrogen) atoms. The molecule has 76 valence electrons. The molecule has 0 aromatic carbocycles. The Kier molecular flexibility index (Phi) is 2.89. The van der Waals surface area contributed by atoms with Gasteiger partial charge in [0.05, 0.1) is 0 Å². The molecular weight excluding hydrogens is 160 g/mol. The average Bonchev–Trinajstić information content (AvgIpc) is 2.62. The van der Waals surface area contributed by atoms with Gasteiger partial charge in [0.25, 0.3) is 0 Å². The lowest BCUT2D eigenvalue weighted by Gasteiger charge is -2.43. The molecular formula is C11H22N2. The minimum atomic E-state index is 0.833. The van der Waals surface area contributed by atoms with Gasteiger partial charge < -0.3 is 0 Å². The van der Waals surface area contributed by atoms with Crippen LogP contribution in [0, 0.1) is 0 Å². The zero-order chi connectivity index (χ0) is 9.26. The Morgan fingerprint density at radius 2 is 2.08 bits per heavy atom. The Labute approximate surface area is 81.9 Å². The van der Waals surface area contributed by atoms with E-state index >= 15 is 0 Å². The van der Waals surface area contributed by atoms with Crippen LogP contribution in [0.25, 0.3) is 0 Å². The summed E-state index contributed by atoms with van der Waals surface area (Å²) in [6.45, 7) is 9.88. The highest BCUT2D eigenvalue weighted by molar-refractivity contribution is 4.91. The summed E-state index contributed by atoms with van der Waals surface area (Å²) in [5.74, 6) is 0. The second-order valence-corrected chi connectivity index (χ2v) is 4.44. The van der Waals surface area contributed by atoms with Crippen molar-refractivity contribution >= 4 is 0 Å². The van der Waals surface area contributed by atoms with Crippen LogP contribution in [-0.2, 0) is 0 Å². The number of nitrogens with zero attached hydrogens (tertiary/aromatic N) is 2. The van der Waals surface area contributed by atoms with Gasteiger partial charge in [0, 0.05) is 25.2 Å². The highest BCUT2D eigenvalue weighted by Crippen LogP contribution is 2.25. The molecule has 2 heterocycles. The maximum atomic E-state index is 2.71. The summed E-state index contributed by atoms with van der Waals surface area (Å²) in [7, 11) is 0. The molecule has 0 N–H and O–H groups in total. The van der Waals surface area contributed by atoms with E-state index in [1.54, 1.807) is 0 Å². The quantitative estimate of drug-likeness (QED) is 0.639. The lowest BCUT2D eigenvalue weighted by atomic mass is 10.1. The third-order valence-corrected chi connectivity index (χ3v) is 3.78. The van der Waals surface area contributed by atoms with Gasteiger partial charge >= 0.3 is 0 Å². The van der Waals surface area contributed by atoms with Gasteiger partial charge in [-0.3, -0.25) is 9.80 Å². The largest absolute Gasteiger partial charge is 0.298 e. The number of rotatable bonds is 2. The van der Waals surface area contributed by atoms with Crippen molar-refractivity contribution in [1.82, 2.24) is 9.80 Å². The van der Waals surface area contributed by atoms with Crippen LogP contribution in [0.2, 0.25) is 0 Å². The molecule has 2 aliphatic rings. The fourth-order valence-electron chi connectivity index (χ4n) is 2.92. The van der Waals surface area contributed by atoms with Crippen molar-refractivity contribution in [3.05, 3.63) is 0 Å². The van der Waals surface area contributed by atoms with Gasteiger partial charge in [0.15, 0.2) is 0 Å². The van der Waals surface area contributed by atoms with Crippen LogP contribution in [0.4, 0.5) is 0 Å². The fraction of sp³-hybridized carbons (Fsp3) is 1.00. The summed E-state index contributed by atoms with van der Waals surface area (Å²) in [5, 5.41) is 0. The third kappa shape index (κ3) is 1.75. The number of hydrogen-bond acceptors (Lipinski definition) is 2. The van der Waals surface area contributed by atoms with Gasteiger partial charge in [-0.2, -0.15) is 0 Å². The molecule has 2 aliphatic heterocycles. The summed E-state index contributed by atoms with van der Waals surface area (Å²) in [4.78, 5) is 5.38. The van der Waals surface area contributed by atoms with Crippen LogP contribution in [0.5, 0.6) is 0 Å². The SMILES string of the molecule is CCC1CN2CCCC2CN1CC. The molecule has 0 aromatic heterocycles. The van der Waals surface area contributed by atoms with E-state index in [9.17, 15) is 0 Å². The molecule has 0 bridgehead atoms. The summed E-state index contributed by atoms with van der Waals surface area (Å²) < 4.78 is 0. The molecule has 2 rings (SSSR count). The van der Waals surface area contributed by atoms with Crippen molar-refractivity contribution in [2.45, 2.75) is 45.2 Å². The van der Waals surface area contributed by atoms with Crippen LogP contribution in [-0.4, -0.2) is 48.1 Å². The molecule has 0 saturated carbocycles. The van der Waals surface area contributed by atoms with E-state index < -0.39 is 0 Å². The monoisotopic (exact) mass is 182 g/mol. The predicted molar refractivity (Wildman–Crippen MR) is 55.9 cm³/mol. The average molecular weight is 182 g/mol. The van der Waals surface area contributed by atoms with Gasteiger partial charge in [-0.1, -0.05) is 13.8 Å². The maximum absolute atomic E-state index is 2.71. The van der Waals surface area contributed by atoms with Crippen LogP contribution in [0.3, 0.4) is 0 Å². The zero-order valence-electron chi connectivity index (χ0n) is 9.00. The molecule has 0 amide bonds. The van der Waals surface area contributed by atoms with Gasteiger partial charge in [-0.05, 0) is 32.4 Å². The number of hydrogen-bond donors (Lipinski definition) is 0. The van der Waals surface area contributed by atoms with Gasteiger partial charge in [0.1, 0.15) is 0 Å². The highest BCUT2D eigenvalue weighted by atomic mass is 15.3. The molecule has 2 unspecified atom stereocenters. The van der Waals surface area contributed by atoms with E-state index in [-0.39, 0.29) is 0 Å². The first-order valence-electron chi connectivity index (χ1n) is 5.83. The van der Waals surface area contributed by atoms with E-state index in [1.165, 1.54) is 45.4 Å². The Morgan fingerprint density at radius 3 is 2.77 bits per heavy atom. The topological polar surface area (TPSA) is 6.48 Å². The molecule has 0 aliphatic carbocycles. The van der Waals surface area contributed by atoms with Crippen LogP contribution < -0.4 is 0 Å². The van der Waals surface area contributed by atoms with E-state index in [2.05, 4.69) is 23.6 Å². The predicted octanol–water partition coefficient (Wildman–Crippen LogP) is 1.56. The van der Waals surface area contributed by atoms with Crippen molar-refractivity contribution < 1.29 is 0 Å². The molecule has 2 nitrogen and oxygen atoms in total. The molecule has 2 saturated heterocycles. The highest BCUT2D eigenvalue weighted by Gasteiger charge is 2.34. The van der Waals surface area contributed by atoms with Crippen molar-refractivity contribution in [3.8, 4) is 0 Å². The maximum Gasteiger partial charge on any atom is 0.0224 e. The van der Waals surface area contributed by atoms with Crippen LogP contribution >= 0.6 is 0 Å². The summed E-state index contributed by atoms with van der Waals surface area (Å²) in [6.07, 6.45) is 4.18. The summed E-state index contributed by atoms with van der Waals surface area (Å²) in [6, 6.07) is 1.72. The van der Waals surface area contributed by atoms with E-state index in [0.717, 1.165) is 12.1 Å². The smallest absolute Gasteiger partial charge is 0.0224 e. The van der Waals surface area contributed by atoms with Crippen molar-refractivity contribution in [2.24, 2.45) is 0 Å². The van der Waals surface area contributed by atoms with E-state index in [0.29, 0.717) is 0 Å². The summed E-state index contributed by atoms with van der Waals surface area (Å²) in [5.41, 5.74) is 0. The second-order valence-electron chi connectivity index (χ2n) is 4.44. The second kappa shape index (κ2) is 3.97. The van der Waals surface area contributed by atoms with Crippen molar-refractivity contribution in [1.29, 1.82) is 0 Å². The van der Waals surface area contributed by atoms with Crippen molar-refractivity contribution in [2.75, 3.05) is 26.2 Å². The Bertz CT molecular complexity index is 151. The lowest BCUT2D eigenvalue weighted by Crippen LogP contribution is -2.55. The number of fused-ring (bicyclic) bond motifs is 1. The molecule has 2 atom stereocenters. The Morgan fingerprint density at radius 1 is 1.23 bits per heavy atom. The van der Waals surface area contributed by atoms with Crippen LogP contribution in [0.15, 0.2) is 0 Å². The third-order valence-electron chi connectivity index (χ3n) is 3.78. The fourth-order valence-corrected chi connectivity index (χ4v) is 2.92. The van der Waals surface area contributed by atoms with Gasteiger partial charge in [-0.15, -0.1) is 0 Å². The minimum Gasteiger partial charge on any atom is -0.298 e. The van der Waals surface area contributed by atoms with Gasteiger partial charge in [0.2, 0.25) is 0 Å². The molecule has 0 aromatic rings. The van der Waals surface area contributed by atoms with Crippen molar-refractivity contribution in [3.63, 3.8) is 0 Å². The van der Waals surface area contributed by atoms with Gasteiger partial charge in [-0.25, -0.2) is 0 Å². The Balaban J connectivity index is 1.99. The molecule has 2 fully saturated rings. The first-order chi connectivity index (χ1) is 6.35. The van der Waals surface area contributed by atoms with Crippen LogP contribution in [0.1, 0.15) is 33.1 Å². The molecule has 0 radical (unpaired) electrons. The number of likely N-dealkylation sites (N-methyl/N-ethyl adjacent to an activating group) is 1. The van der Waals surface area contributed by atoms with E-state index in [1.807, 2.05) is 0 Å². The summed E-state index contributed by atoms with van der Waals surface area (Å²) >= 11 is 0. The molecule has 0 spiro atoms. The Hall–Kier alpha value is -0.0800. The lowest BCUT2D eigenvalue weighted by molar-refractivity contribution is 0.0533. The number of piperazine rings is 1. The molecule has 2 heteroatoms. The minimum absolute atomic E-state index is 0.833. The normalized spacial score (nSPS) is 36.5. The first-order valence-corrected chi connectivity index (χ1v) is 5.83. The van der Waals surface area contributed by atoms with E-state index in [4.69, 9.17) is 0 Å². The first kappa shape index (κ1) is 9.47.